The van der Waals surface area contributed by atoms with Gasteiger partial charge in [0.2, 0.25) is 0 Å². The van der Waals surface area contributed by atoms with Crippen LogP contribution in [-0.2, 0) is 0 Å². The topological polar surface area (TPSA) is 101 Å². The summed E-state index contributed by atoms with van der Waals surface area (Å²) in [6.07, 6.45) is -4.29. The number of hydrogen-bond acceptors (Lipinski definition) is 5. The maximum Gasteiger partial charge on any atom is 0.110 e. The molecule has 0 aromatic carbocycles. The zero-order valence-electron chi connectivity index (χ0n) is 5.38. The van der Waals surface area contributed by atoms with Crippen molar-refractivity contribution in [3.05, 3.63) is 0 Å². The van der Waals surface area contributed by atoms with Crippen molar-refractivity contribution in [3.8, 4) is 0 Å². The number of aliphatic hydroxyl groups is 5. The second kappa shape index (κ2) is 4.59. The minimum absolute atomic E-state index is 0.641. The number of hydrogen-bond donors (Lipinski definition) is 5. The van der Waals surface area contributed by atoms with Gasteiger partial charge in [-0.1, -0.05) is 0 Å². The molecule has 0 aliphatic carbocycles. The third-order valence-electron chi connectivity index (χ3n) is 1.16. The normalized spacial score (nSPS) is 20.1. The highest BCUT2D eigenvalue weighted by molar-refractivity contribution is 4.73. The minimum atomic E-state index is -1.49. The molecule has 5 nitrogen and oxygen atoms in total. The fourth-order valence-electron chi connectivity index (χ4n) is 0.472. The Hall–Kier alpha value is -0.200. The fourth-order valence-corrected chi connectivity index (χ4v) is 0.472. The zero-order valence-corrected chi connectivity index (χ0v) is 5.38. The molecule has 0 spiro atoms. The van der Waals surface area contributed by atoms with Crippen molar-refractivity contribution in [1.29, 1.82) is 0 Å². The van der Waals surface area contributed by atoms with Crippen LogP contribution >= 0.6 is 0 Å². The fraction of sp³-hybridized carbons (Fsp3) is 1.00. The largest absolute Gasteiger partial charge is 0.394 e. The van der Waals surface area contributed by atoms with Crippen LogP contribution in [0.4, 0.5) is 0 Å². The summed E-state index contributed by atoms with van der Waals surface area (Å²) in [5.41, 5.74) is 0. The molecule has 0 aromatic heterocycles. The van der Waals surface area contributed by atoms with Gasteiger partial charge in [0.05, 0.1) is 13.2 Å². The van der Waals surface area contributed by atoms with Gasteiger partial charge in [0.25, 0.3) is 0 Å². The van der Waals surface area contributed by atoms with Gasteiger partial charge < -0.3 is 25.5 Å². The predicted octanol–water partition coefficient (Wildman–Crippen LogP) is -2.95. The summed E-state index contributed by atoms with van der Waals surface area (Å²) in [6.45, 7) is -1.28. The van der Waals surface area contributed by atoms with Gasteiger partial charge in [-0.05, 0) is 0 Å². The van der Waals surface area contributed by atoms with Crippen LogP contribution < -0.4 is 0 Å². The standard InChI is InChI=1S/C5H12O5/c6-1-3(8)5(10)4(9)2-7/h3-10H,1-2H2/t3-,4-/m1/s1/i1+1/t3-,4-,5-. The Kier molecular flexibility index (Phi) is 4.50. The van der Waals surface area contributed by atoms with Gasteiger partial charge in [-0.2, -0.15) is 0 Å². The van der Waals surface area contributed by atoms with Gasteiger partial charge in [-0.3, -0.25) is 0 Å². The molecule has 5 heteroatoms. The Labute approximate surface area is 58.2 Å². The van der Waals surface area contributed by atoms with Crippen LogP contribution in [0, 0.1) is 0 Å². The van der Waals surface area contributed by atoms with Crippen LogP contribution in [0.15, 0.2) is 0 Å². The van der Waals surface area contributed by atoms with Crippen molar-refractivity contribution < 1.29 is 25.5 Å². The average Bonchev–Trinajstić information content (AvgIpc) is 2.00. The van der Waals surface area contributed by atoms with Crippen LogP contribution in [0.5, 0.6) is 0 Å². The van der Waals surface area contributed by atoms with Gasteiger partial charge in [0, 0.05) is 0 Å². The maximum absolute atomic E-state index is 8.77. The average molecular weight is 153 g/mol. The van der Waals surface area contributed by atoms with E-state index in [9.17, 15) is 0 Å². The smallest absolute Gasteiger partial charge is 0.110 e. The summed E-state index contributed by atoms with van der Waals surface area (Å²) in [5, 5.41) is 42.6. The third kappa shape index (κ3) is 2.59. The molecular weight excluding hydrogens is 141 g/mol. The maximum atomic E-state index is 8.77. The highest BCUT2D eigenvalue weighted by atomic mass is 16.4. The predicted molar refractivity (Wildman–Crippen MR) is 32.2 cm³/mol. The molecule has 0 amide bonds. The van der Waals surface area contributed by atoms with Crippen molar-refractivity contribution in [2.45, 2.75) is 18.3 Å². The van der Waals surface area contributed by atoms with Crippen molar-refractivity contribution in [2.75, 3.05) is 13.2 Å². The van der Waals surface area contributed by atoms with Crippen LogP contribution in [0.2, 0.25) is 0 Å². The van der Waals surface area contributed by atoms with E-state index in [1.165, 1.54) is 0 Å². The molecule has 0 aliphatic heterocycles. The van der Waals surface area contributed by atoms with E-state index in [2.05, 4.69) is 0 Å². The first-order valence-electron chi connectivity index (χ1n) is 2.89. The molecule has 0 fully saturated rings. The molecule has 62 valence electrons. The monoisotopic (exact) mass is 153 g/mol. The van der Waals surface area contributed by atoms with E-state index >= 15 is 0 Å². The lowest BCUT2D eigenvalue weighted by atomic mass is 10.2. The lowest BCUT2D eigenvalue weighted by Crippen LogP contribution is -2.41. The number of aliphatic hydroxyl groups excluding tert-OH is 5. The Bertz CT molecular complexity index is 76.1. The first-order chi connectivity index (χ1) is 4.63. The summed E-state index contributed by atoms with van der Waals surface area (Å²) in [6, 6.07) is 0. The Morgan fingerprint density at radius 2 is 1.10 bits per heavy atom. The molecule has 10 heavy (non-hydrogen) atoms. The van der Waals surface area contributed by atoms with Gasteiger partial charge in [-0.15, -0.1) is 0 Å². The van der Waals surface area contributed by atoms with Gasteiger partial charge >= 0.3 is 0 Å². The quantitative estimate of drug-likeness (QED) is 0.278. The van der Waals surface area contributed by atoms with Crippen molar-refractivity contribution in [2.24, 2.45) is 0 Å². The molecule has 0 aliphatic rings. The first-order valence-corrected chi connectivity index (χ1v) is 2.89. The molecule has 0 saturated heterocycles. The van der Waals surface area contributed by atoms with Crippen molar-refractivity contribution in [1.82, 2.24) is 0 Å². The molecular formula is C5H12O5. The molecule has 0 aromatic rings. The highest BCUT2D eigenvalue weighted by Crippen LogP contribution is 1.97. The van der Waals surface area contributed by atoms with Crippen LogP contribution in [-0.4, -0.2) is 57.1 Å². The zero-order chi connectivity index (χ0) is 8.15. The van der Waals surface area contributed by atoms with Crippen LogP contribution in [0.25, 0.3) is 0 Å². The number of rotatable bonds is 4. The van der Waals surface area contributed by atoms with Gasteiger partial charge in [-0.25, -0.2) is 0 Å². The Balaban J connectivity index is 3.69. The van der Waals surface area contributed by atoms with Crippen LogP contribution in [0.1, 0.15) is 0 Å². The van der Waals surface area contributed by atoms with E-state index < -0.39 is 31.5 Å². The van der Waals surface area contributed by atoms with Crippen molar-refractivity contribution in [3.63, 3.8) is 0 Å². The van der Waals surface area contributed by atoms with Crippen molar-refractivity contribution >= 4 is 0 Å². The summed E-state index contributed by atoms with van der Waals surface area (Å²) in [7, 11) is 0. The lowest BCUT2D eigenvalue weighted by molar-refractivity contribution is -0.0900. The Morgan fingerprint density at radius 1 is 0.800 bits per heavy atom. The summed E-state index contributed by atoms with van der Waals surface area (Å²) in [5.74, 6) is 0. The molecule has 0 bridgehead atoms. The van der Waals surface area contributed by atoms with E-state index in [1.54, 1.807) is 0 Å². The second-order valence-corrected chi connectivity index (χ2v) is 1.99. The van der Waals surface area contributed by atoms with E-state index in [0.29, 0.717) is 0 Å². The summed E-state index contributed by atoms with van der Waals surface area (Å²) in [4.78, 5) is 0. The van der Waals surface area contributed by atoms with Crippen LogP contribution in [0.3, 0.4) is 0 Å². The molecule has 0 unspecified atom stereocenters. The van der Waals surface area contributed by atoms with E-state index in [1.807, 2.05) is 0 Å². The molecule has 0 heterocycles. The Morgan fingerprint density at radius 3 is 1.30 bits per heavy atom. The third-order valence-corrected chi connectivity index (χ3v) is 1.16. The molecule has 3 atom stereocenters. The van der Waals surface area contributed by atoms with E-state index in [4.69, 9.17) is 25.5 Å². The molecule has 0 radical (unpaired) electrons. The molecule has 0 rings (SSSR count). The lowest BCUT2D eigenvalue weighted by Gasteiger charge is -2.19. The first kappa shape index (κ1) is 9.80. The van der Waals surface area contributed by atoms with E-state index in [0.717, 1.165) is 0 Å². The summed E-state index contributed by atoms with van der Waals surface area (Å²) >= 11 is 0. The second-order valence-electron chi connectivity index (χ2n) is 1.99. The highest BCUT2D eigenvalue weighted by Gasteiger charge is 2.22. The van der Waals surface area contributed by atoms with E-state index in [-0.39, 0.29) is 0 Å². The van der Waals surface area contributed by atoms with Gasteiger partial charge in [0.15, 0.2) is 0 Å². The SMILES string of the molecule is OC[C@@H](O)[C@H](O)[C@H](O)[13CH2]O. The molecule has 5 N–H and O–H groups in total. The minimum Gasteiger partial charge on any atom is -0.394 e. The van der Waals surface area contributed by atoms with Gasteiger partial charge in [0.1, 0.15) is 18.3 Å². The molecule has 0 saturated carbocycles. The summed E-state index contributed by atoms with van der Waals surface area (Å²) < 4.78 is 0.